The zero-order valence-electron chi connectivity index (χ0n) is 12.1. The number of rotatable bonds is 5. The SMILES string of the molecule is CCN(C1CCCCC1)S(=O)(=O)c1cc(CCl)oc1C. The van der Waals surface area contributed by atoms with Crippen LogP contribution in [0.2, 0.25) is 0 Å². The van der Waals surface area contributed by atoms with Gasteiger partial charge in [0.2, 0.25) is 10.0 Å². The highest BCUT2D eigenvalue weighted by molar-refractivity contribution is 7.89. The third-order valence-corrected chi connectivity index (χ3v) is 6.33. The van der Waals surface area contributed by atoms with Crippen LogP contribution < -0.4 is 0 Å². The molecular weight excluding hydrogens is 298 g/mol. The van der Waals surface area contributed by atoms with Crippen LogP contribution in [0.4, 0.5) is 0 Å². The molecule has 0 unspecified atom stereocenters. The third kappa shape index (κ3) is 3.05. The average molecular weight is 320 g/mol. The van der Waals surface area contributed by atoms with Gasteiger partial charge < -0.3 is 4.42 Å². The number of aryl methyl sites for hydroxylation is 1. The molecule has 0 saturated heterocycles. The topological polar surface area (TPSA) is 50.5 Å². The molecule has 1 heterocycles. The van der Waals surface area contributed by atoms with Crippen LogP contribution in [0.15, 0.2) is 15.4 Å². The summed E-state index contributed by atoms with van der Waals surface area (Å²) in [5.74, 6) is 1.11. The van der Waals surface area contributed by atoms with Gasteiger partial charge in [0.25, 0.3) is 0 Å². The van der Waals surface area contributed by atoms with Crippen LogP contribution in [0.3, 0.4) is 0 Å². The standard InChI is InChI=1S/C14H22ClNO3S/c1-3-16(12-7-5-4-6-8-12)20(17,18)14-9-13(10-15)19-11(14)2/h9,12H,3-8,10H2,1-2H3. The molecule has 4 nitrogen and oxygen atoms in total. The zero-order chi connectivity index (χ0) is 14.8. The molecule has 0 spiro atoms. The molecule has 1 aromatic rings. The van der Waals surface area contributed by atoms with E-state index in [1.54, 1.807) is 17.3 Å². The molecule has 20 heavy (non-hydrogen) atoms. The van der Waals surface area contributed by atoms with Crippen molar-refractivity contribution in [2.24, 2.45) is 0 Å². The highest BCUT2D eigenvalue weighted by atomic mass is 35.5. The zero-order valence-corrected chi connectivity index (χ0v) is 13.6. The molecule has 0 bridgehead atoms. The maximum atomic E-state index is 12.8. The second-order valence-corrected chi connectivity index (χ2v) is 7.39. The Bertz CT molecular complexity index is 547. The number of alkyl halides is 1. The number of nitrogens with zero attached hydrogens (tertiary/aromatic N) is 1. The van der Waals surface area contributed by atoms with Crippen LogP contribution in [0.1, 0.15) is 50.5 Å². The summed E-state index contributed by atoms with van der Waals surface area (Å²) in [7, 11) is -3.49. The van der Waals surface area contributed by atoms with Gasteiger partial charge in [0, 0.05) is 18.7 Å². The van der Waals surface area contributed by atoms with Gasteiger partial charge in [0.05, 0.1) is 5.88 Å². The minimum Gasteiger partial charge on any atom is -0.464 e. The van der Waals surface area contributed by atoms with E-state index in [0.717, 1.165) is 25.7 Å². The molecule has 0 radical (unpaired) electrons. The molecular formula is C14H22ClNO3S. The lowest BCUT2D eigenvalue weighted by Gasteiger charge is -2.32. The van der Waals surface area contributed by atoms with E-state index in [1.165, 1.54) is 6.42 Å². The van der Waals surface area contributed by atoms with Gasteiger partial charge in [0.15, 0.2) is 0 Å². The molecule has 0 N–H and O–H groups in total. The molecule has 1 saturated carbocycles. The maximum Gasteiger partial charge on any atom is 0.246 e. The Labute approximate surface area is 126 Å². The highest BCUT2D eigenvalue weighted by Gasteiger charge is 2.33. The smallest absolute Gasteiger partial charge is 0.246 e. The molecule has 0 amide bonds. The van der Waals surface area contributed by atoms with Crippen LogP contribution in [0, 0.1) is 6.92 Å². The van der Waals surface area contributed by atoms with Gasteiger partial charge in [0.1, 0.15) is 16.4 Å². The maximum absolute atomic E-state index is 12.8. The highest BCUT2D eigenvalue weighted by Crippen LogP contribution is 2.30. The van der Waals surface area contributed by atoms with E-state index in [-0.39, 0.29) is 16.8 Å². The molecule has 6 heteroatoms. The van der Waals surface area contributed by atoms with Crippen molar-refractivity contribution in [2.75, 3.05) is 6.54 Å². The molecule has 1 fully saturated rings. The summed E-state index contributed by atoms with van der Waals surface area (Å²) < 4.78 is 32.7. The first-order valence-electron chi connectivity index (χ1n) is 7.17. The Morgan fingerprint density at radius 1 is 1.35 bits per heavy atom. The monoisotopic (exact) mass is 319 g/mol. The first kappa shape index (κ1) is 15.9. The van der Waals surface area contributed by atoms with E-state index in [1.807, 2.05) is 6.92 Å². The fourth-order valence-electron chi connectivity index (χ4n) is 2.97. The van der Waals surface area contributed by atoms with Gasteiger partial charge in [-0.1, -0.05) is 26.2 Å². The van der Waals surface area contributed by atoms with Gasteiger partial charge in [-0.25, -0.2) is 8.42 Å². The van der Waals surface area contributed by atoms with Crippen LogP contribution in [0.5, 0.6) is 0 Å². The molecule has 0 aliphatic heterocycles. The van der Waals surface area contributed by atoms with Crippen molar-refractivity contribution in [1.29, 1.82) is 0 Å². The van der Waals surface area contributed by atoms with Gasteiger partial charge in [-0.3, -0.25) is 0 Å². The fourth-order valence-corrected chi connectivity index (χ4v) is 4.98. The Morgan fingerprint density at radius 3 is 2.50 bits per heavy atom. The number of furan rings is 1. The summed E-state index contributed by atoms with van der Waals surface area (Å²) in [6.45, 7) is 4.06. The first-order valence-corrected chi connectivity index (χ1v) is 9.15. The Morgan fingerprint density at radius 2 is 2.00 bits per heavy atom. The molecule has 1 aliphatic rings. The van der Waals surface area contributed by atoms with E-state index < -0.39 is 10.0 Å². The summed E-state index contributed by atoms with van der Waals surface area (Å²) in [4.78, 5) is 0.264. The van der Waals surface area contributed by atoms with Gasteiger partial charge in [-0.15, -0.1) is 11.6 Å². The van der Waals surface area contributed by atoms with Gasteiger partial charge in [-0.05, 0) is 19.8 Å². The normalized spacial score (nSPS) is 17.8. The van der Waals surface area contributed by atoms with Gasteiger partial charge >= 0.3 is 0 Å². The Kier molecular flexibility index (Phi) is 5.15. The lowest BCUT2D eigenvalue weighted by molar-refractivity contribution is 0.261. The average Bonchev–Trinajstić information content (AvgIpc) is 2.82. The lowest BCUT2D eigenvalue weighted by atomic mass is 9.95. The fraction of sp³-hybridized carbons (Fsp3) is 0.714. The summed E-state index contributed by atoms with van der Waals surface area (Å²) in [6, 6.07) is 1.68. The molecule has 114 valence electrons. The van der Waals surface area contributed by atoms with Crippen molar-refractivity contribution in [3.63, 3.8) is 0 Å². The van der Waals surface area contributed by atoms with Crippen molar-refractivity contribution >= 4 is 21.6 Å². The van der Waals surface area contributed by atoms with E-state index in [2.05, 4.69) is 0 Å². The second-order valence-electron chi connectivity index (χ2n) is 5.27. The van der Waals surface area contributed by atoms with Crippen LogP contribution in [-0.2, 0) is 15.9 Å². The summed E-state index contributed by atoms with van der Waals surface area (Å²) >= 11 is 5.72. The van der Waals surface area contributed by atoms with Crippen LogP contribution in [-0.4, -0.2) is 25.3 Å². The van der Waals surface area contributed by atoms with E-state index in [0.29, 0.717) is 18.1 Å². The molecule has 1 aromatic heterocycles. The van der Waals surface area contributed by atoms with Crippen LogP contribution >= 0.6 is 11.6 Å². The predicted octanol–water partition coefficient (Wildman–Crippen LogP) is 3.67. The number of hydrogen-bond donors (Lipinski definition) is 0. The van der Waals surface area contributed by atoms with Crippen molar-refractivity contribution in [1.82, 2.24) is 4.31 Å². The van der Waals surface area contributed by atoms with Crippen molar-refractivity contribution < 1.29 is 12.8 Å². The number of hydrogen-bond acceptors (Lipinski definition) is 3. The first-order chi connectivity index (χ1) is 9.50. The molecule has 1 aliphatic carbocycles. The van der Waals surface area contributed by atoms with E-state index >= 15 is 0 Å². The van der Waals surface area contributed by atoms with E-state index in [9.17, 15) is 8.42 Å². The quantitative estimate of drug-likeness (QED) is 0.778. The Balaban J connectivity index is 2.32. The largest absolute Gasteiger partial charge is 0.464 e. The molecule has 0 aromatic carbocycles. The van der Waals surface area contributed by atoms with E-state index in [4.69, 9.17) is 16.0 Å². The van der Waals surface area contributed by atoms with Crippen molar-refractivity contribution in [3.05, 3.63) is 17.6 Å². The second kappa shape index (κ2) is 6.50. The lowest BCUT2D eigenvalue weighted by Crippen LogP contribution is -2.41. The third-order valence-electron chi connectivity index (χ3n) is 3.94. The van der Waals surface area contributed by atoms with Crippen LogP contribution in [0.25, 0.3) is 0 Å². The minimum absolute atomic E-state index is 0.118. The van der Waals surface area contributed by atoms with Gasteiger partial charge in [-0.2, -0.15) is 4.31 Å². The predicted molar refractivity (Wildman–Crippen MR) is 79.4 cm³/mol. The summed E-state index contributed by atoms with van der Waals surface area (Å²) in [6.07, 6.45) is 5.32. The number of halogens is 1. The molecule has 0 atom stereocenters. The molecule has 2 rings (SSSR count). The minimum atomic E-state index is -3.49. The summed E-state index contributed by atoms with van der Waals surface area (Å²) in [5.41, 5.74) is 0. The summed E-state index contributed by atoms with van der Waals surface area (Å²) in [5, 5.41) is 0. The number of sulfonamides is 1. The van der Waals surface area contributed by atoms with Crippen molar-refractivity contribution in [3.8, 4) is 0 Å². The van der Waals surface area contributed by atoms with Crippen molar-refractivity contribution in [2.45, 2.75) is 62.8 Å². The Hall–Kier alpha value is -0.520.